The number of nitrogens with zero attached hydrogens (tertiary/aromatic N) is 1. The molecule has 0 atom stereocenters. The molecular formula is C7H9N3. The standard InChI is InChI=1S/C7H9N3/c8-7(9)5-6-1-3-10-4-2-6/h1-4H,5H2,(H3,8,9). The summed E-state index contributed by atoms with van der Waals surface area (Å²) in [6.45, 7) is 0. The molecule has 1 rings (SSSR count). The molecule has 0 saturated heterocycles. The van der Waals surface area contributed by atoms with Gasteiger partial charge in [-0.2, -0.15) is 0 Å². The Labute approximate surface area is 59.4 Å². The van der Waals surface area contributed by atoms with Crippen LogP contribution in [0.4, 0.5) is 0 Å². The summed E-state index contributed by atoms with van der Waals surface area (Å²) >= 11 is 0. The second-order valence-electron chi connectivity index (χ2n) is 2.06. The van der Waals surface area contributed by atoms with Crippen molar-refractivity contribution in [2.75, 3.05) is 0 Å². The fraction of sp³-hybridized carbons (Fsp3) is 0.143. The summed E-state index contributed by atoms with van der Waals surface area (Å²) in [7, 11) is 0. The van der Waals surface area contributed by atoms with Crippen LogP contribution in [0.5, 0.6) is 0 Å². The summed E-state index contributed by atoms with van der Waals surface area (Å²) in [6.07, 6.45) is 3.90. The van der Waals surface area contributed by atoms with Gasteiger partial charge >= 0.3 is 0 Å². The van der Waals surface area contributed by atoms with Gasteiger partial charge < -0.3 is 5.73 Å². The van der Waals surface area contributed by atoms with Crippen LogP contribution in [0.15, 0.2) is 24.5 Å². The van der Waals surface area contributed by atoms with Crippen molar-refractivity contribution in [3.05, 3.63) is 30.1 Å². The Kier molecular flexibility index (Phi) is 1.99. The van der Waals surface area contributed by atoms with Crippen LogP contribution in [0.3, 0.4) is 0 Å². The molecular weight excluding hydrogens is 126 g/mol. The first-order valence-corrected chi connectivity index (χ1v) is 3.01. The molecule has 0 bridgehead atoms. The second-order valence-corrected chi connectivity index (χ2v) is 2.06. The lowest BCUT2D eigenvalue weighted by Gasteiger charge is -1.95. The second kappa shape index (κ2) is 2.96. The topological polar surface area (TPSA) is 62.8 Å². The maximum Gasteiger partial charge on any atom is 0.0950 e. The summed E-state index contributed by atoms with van der Waals surface area (Å²) in [5, 5.41) is 6.99. The Morgan fingerprint density at radius 3 is 2.60 bits per heavy atom. The minimum absolute atomic E-state index is 0.186. The number of hydrogen-bond donors (Lipinski definition) is 2. The normalized spacial score (nSPS) is 9.20. The molecule has 3 heteroatoms. The molecule has 1 heterocycles. The van der Waals surface area contributed by atoms with E-state index in [1.807, 2.05) is 12.1 Å². The lowest BCUT2D eigenvalue weighted by atomic mass is 10.2. The van der Waals surface area contributed by atoms with Crippen LogP contribution in [0.2, 0.25) is 0 Å². The van der Waals surface area contributed by atoms with Crippen molar-refractivity contribution in [3.63, 3.8) is 0 Å². The smallest absolute Gasteiger partial charge is 0.0950 e. The highest BCUT2D eigenvalue weighted by Gasteiger charge is 1.91. The average molecular weight is 135 g/mol. The van der Waals surface area contributed by atoms with Gasteiger partial charge in [-0.1, -0.05) is 0 Å². The van der Waals surface area contributed by atoms with Gasteiger partial charge in [0.25, 0.3) is 0 Å². The molecule has 0 unspecified atom stereocenters. The van der Waals surface area contributed by atoms with E-state index in [0.717, 1.165) is 5.56 Å². The van der Waals surface area contributed by atoms with E-state index < -0.39 is 0 Å². The van der Waals surface area contributed by atoms with Crippen molar-refractivity contribution in [1.29, 1.82) is 5.41 Å². The highest BCUT2D eigenvalue weighted by molar-refractivity contribution is 5.79. The molecule has 0 amide bonds. The highest BCUT2D eigenvalue weighted by atomic mass is 14.7. The lowest BCUT2D eigenvalue weighted by Crippen LogP contribution is -2.12. The van der Waals surface area contributed by atoms with Gasteiger partial charge in [-0.3, -0.25) is 10.4 Å². The Morgan fingerprint density at radius 1 is 1.50 bits per heavy atom. The third-order valence-electron chi connectivity index (χ3n) is 1.14. The maximum atomic E-state index is 6.99. The van der Waals surface area contributed by atoms with Gasteiger partial charge in [-0.15, -0.1) is 0 Å². The van der Waals surface area contributed by atoms with Gasteiger partial charge in [0.2, 0.25) is 0 Å². The van der Waals surface area contributed by atoms with E-state index in [-0.39, 0.29) is 5.84 Å². The van der Waals surface area contributed by atoms with Gasteiger partial charge in [-0.25, -0.2) is 0 Å². The minimum Gasteiger partial charge on any atom is -0.387 e. The van der Waals surface area contributed by atoms with Gasteiger partial charge in [0.15, 0.2) is 0 Å². The number of nitrogens with two attached hydrogens (primary N) is 1. The fourth-order valence-electron chi connectivity index (χ4n) is 0.721. The zero-order chi connectivity index (χ0) is 7.40. The monoisotopic (exact) mass is 135 g/mol. The predicted molar refractivity (Wildman–Crippen MR) is 39.9 cm³/mol. The van der Waals surface area contributed by atoms with Crippen LogP contribution in [0.25, 0.3) is 0 Å². The zero-order valence-electron chi connectivity index (χ0n) is 5.54. The van der Waals surface area contributed by atoms with Crippen LogP contribution in [0, 0.1) is 5.41 Å². The summed E-state index contributed by atoms with van der Waals surface area (Å²) in [4.78, 5) is 3.84. The first-order valence-electron chi connectivity index (χ1n) is 3.01. The SMILES string of the molecule is N=C(N)Cc1ccncc1. The summed E-state index contributed by atoms with van der Waals surface area (Å²) in [5.41, 5.74) is 6.22. The van der Waals surface area contributed by atoms with Crippen molar-refractivity contribution >= 4 is 5.84 Å². The number of nitrogens with one attached hydrogen (secondary N) is 1. The molecule has 1 aromatic heterocycles. The van der Waals surface area contributed by atoms with Crippen LogP contribution >= 0.6 is 0 Å². The van der Waals surface area contributed by atoms with Gasteiger partial charge in [-0.05, 0) is 17.7 Å². The number of pyridine rings is 1. The third-order valence-corrected chi connectivity index (χ3v) is 1.14. The molecule has 0 aliphatic carbocycles. The fourth-order valence-corrected chi connectivity index (χ4v) is 0.721. The molecule has 1 aromatic rings. The lowest BCUT2D eigenvalue weighted by molar-refractivity contribution is 1.21. The third kappa shape index (κ3) is 1.85. The quantitative estimate of drug-likeness (QED) is 0.459. The molecule has 0 spiro atoms. The van der Waals surface area contributed by atoms with Crippen LogP contribution in [-0.4, -0.2) is 10.8 Å². The molecule has 10 heavy (non-hydrogen) atoms. The van der Waals surface area contributed by atoms with E-state index in [0.29, 0.717) is 6.42 Å². The molecule has 0 aromatic carbocycles. The number of aromatic nitrogens is 1. The molecule has 3 nitrogen and oxygen atoms in total. The molecule has 0 fully saturated rings. The van der Waals surface area contributed by atoms with E-state index in [1.54, 1.807) is 12.4 Å². The number of rotatable bonds is 2. The van der Waals surface area contributed by atoms with E-state index >= 15 is 0 Å². The Hall–Kier alpha value is -1.38. The van der Waals surface area contributed by atoms with Crippen LogP contribution < -0.4 is 5.73 Å². The van der Waals surface area contributed by atoms with Gasteiger partial charge in [0.1, 0.15) is 0 Å². The molecule has 0 radical (unpaired) electrons. The van der Waals surface area contributed by atoms with Crippen molar-refractivity contribution < 1.29 is 0 Å². The number of amidine groups is 1. The van der Waals surface area contributed by atoms with Gasteiger partial charge in [0, 0.05) is 18.8 Å². The van der Waals surface area contributed by atoms with Crippen molar-refractivity contribution in [2.24, 2.45) is 5.73 Å². The van der Waals surface area contributed by atoms with Crippen LogP contribution in [-0.2, 0) is 6.42 Å². The zero-order valence-corrected chi connectivity index (χ0v) is 5.54. The van der Waals surface area contributed by atoms with E-state index in [1.165, 1.54) is 0 Å². The predicted octanol–water partition coefficient (Wildman–Crippen LogP) is 0.560. The molecule has 52 valence electrons. The number of hydrogen-bond acceptors (Lipinski definition) is 2. The van der Waals surface area contributed by atoms with Gasteiger partial charge in [0.05, 0.1) is 5.84 Å². The first-order chi connectivity index (χ1) is 4.79. The summed E-state index contributed by atoms with van der Waals surface area (Å²) in [6, 6.07) is 3.70. The largest absolute Gasteiger partial charge is 0.387 e. The van der Waals surface area contributed by atoms with Crippen molar-refractivity contribution in [1.82, 2.24) is 4.98 Å². The molecule has 0 aliphatic heterocycles. The first kappa shape index (κ1) is 6.74. The average Bonchev–Trinajstić information content (AvgIpc) is 1.88. The summed E-state index contributed by atoms with van der Waals surface area (Å²) < 4.78 is 0. The molecule has 3 N–H and O–H groups in total. The summed E-state index contributed by atoms with van der Waals surface area (Å²) in [5.74, 6) is 0.186. The van der Waals surface area contributed by atoms with E-state index in [2.05, 4.69) is 4.98 Å². The van der Waals surface area contributed by atoms with Crippen LogP contribution in [0.1, 0.15) is 5.56 Å². The van der Waals surface area contributed by atoms with E-state index in [9.17, 15) is 0 Å². The van der Waals surface area contributed by atoms with E-state index in [4.69, 9.17) is 11.1 Å². The minimum atomic E-state index is 0.186. The Bertz CT molecular complexity index is 218. The maximum absolute atomic E-state index is 6.99. The molecule has 0 saturated carbocycles. The Balaban J connectivity index is 2.67. The van der Waals surface area contributed by atoms with Crippen molar-refractivity contribution in [3.8, 4) is 0 Å². The highest BCUT2D eigenvalue weighted by Crippen LogP contribution is 1.95. The molecule has 0 aliphatic rings. The Morgan fingerprint density at radius 2 is 2.10 bits per heavy atom. The van der Waals surface area contributed by atoms with Crippen molar-refractivity contribution in [2.45, 2.75) is 6.42 Å².